The van der Waals surface area contributed by atoms with Crippen LogP contribution in [-0.2, 0) is 13.2 Å². The number of nitrogens with zero attached hydrogens (tertiary/aromatic N) is 1. The van der Waals surface area contributed by atoms with Crippen LogP contribution >= 0.6 is 27.3 Å². The first-order valence-corrected chi connectivity index (χ1v) is 13.4. The number of halogens is 1. The fourth-order valence-electron chi connectivity index (χ4n) is 4.03. The molecule has 182 valence electrons. The van der Waals surface area contributed by atoms with Crippen LogP contribution in [0.4, 0.5) is 5.69 Å². The number of nitrogens with one attached hydrogen (secondary N) is 1. The summed E-state index contributed by atoms with van der Waals surface area (Å²) in [5, 5.41) is 4.54. The van der Waals surface area contributed by atoms with Crippen molar-refractivity contribution in [2.24, 2.45) is 0 Å². The van der Waals surface area contributed by atoms with Crippen molar-refractivity contribution in [1.29, 1.82) is 0 Å². The molecule has 0 radical (unpaired) electrons. The summed E-state index contributed by atoms with van der Waals surface area (Å²) in [5.74, 6) is 1.43. The third kappa shape index (κ3) is 5.55. The van der Waals surface area contributed by atoms with E-state index in [2.05, 4.69) is 95.8 Å². The highest BCUT2D eigenvalue weighted by Crippen LogP contribution is 2.35. The van der Waals surface area contributed by atoms with Gasteiger partial charge in [-0.2, -0.15) is 0 Å². The van der Waals surface area contributed by atoms with E-state index in [-0.39, 0.29) is 0 Å². The first-order chi connectivity index (χ1) is 17.5. The number of ether oxygens (including phenoxy) is 2. The number of methoxy groups -OCH3 is 1. The van der Waals surface area contributed by atoms with Crippen molar-refractivity contribution < 1.29 is 9.47 Å². The van der Waals surface area contributed by atoms with Gasteiger partial charge in [0.1, 0.15) is 11.6 Å². The van der Waals surface area contributed by atoms with Gasteiger partial charge in [-0.3, -0.25) is 0 Å². The molecule has 6 heteroatoms. The molecule has 0 aliphatic rings. The Morgan fingerprint density at radius 3 is 2.47 bits per heavy atom. The highest BCUT2D eigenvalue weighted by Gasteiger charge is 2.12. The molecule has 0 unspecified atom stereocenters. The van der Waals surface area contributed by atoms with Gasteiger partial charge in [0.25, 0.3) is 0 Å². The molecule has 1 N–H and O–H groups in total. The third-order valence-corrected chi connectivity index (χ3v) is 7.77. The zero-order valence-electron chi connectivity index (χ0n) is 20.5. The Kier molecular flexibility index (Phi) is 7.25. The van der Waals surface area contributed by atoms with Gasteiger partial charge in [0.2, 0.25) is 0 Å². The van der Waals surface area contributed by atoms with E-state index < -0.39 is 0 Å². The summed E-state index contributed by atoms with van der Waals surface area (Å²) in [6.07, 6.45) is 0. The van der Waals surface area contributed by atoms with Gasteiger partial charge in [0.15, 0.2) is 11.5 Å². The van der Waals surface area contributed by atoms with Gasteiger partial charge in [-0.05, 0) is 79.1 Å². The number of hydrogen-bond donors (Lipinski definition) is 1. The van der Waals surface area contributed by atoms with Crippen molar-refractivity contribution in [1.82, 2.24) is 4.98 Å². The second-order valence-electron chi connectivity index (χ2n) is 8.79. The lowest BCUT2D eigenvalue weighted by Crippen LogP contribution is -2.03. The number of aromatic nitrogens is 1. The smallest absolute Gasteiger partial charge is 0.162 e. The van der Waals surface area contributed by atoms with Gasteiger partial charge in [-0.1, -0.05) is 51.8 Å². The summed E-state index contributed by atoms with van der Waals surface area (Å²) in [7, 11) is 1.67. The van der Waals surface area contributed by atoms with Gasteiger partial charge >= 0.3 is 0 Å². The van der Waals surface area contributed by atoms with Crippen LogP contribution in [0.25, 0.3) is 20.8 Å². The van der Waals surface area contributed by atoms with Gasteiger partial charge in [-0.15, -0.1) is 11.3 Å². The largest absolute Gasteiger partial charge is 0.493 e. The van der Waals surface area contributed by atoms with Crippen LogP contribution in [0, 0.1) is 13.8 Å². The van der Waals surface area contributed by atoms with E-state index in [1.165, 1.54) is 15.8 Å². The quantitative estimate of drug-likeness (QED) is 0.207. The van der Waals surface area contributed by atoms with Crippen LogP contribution in [0.1, 0.15) is 22.3 Å². The molecule has 4 aromatic carbocycles. The van der Waals surface area contributed by atoms with Crippen molar-refractivity contribution in [3.63, 3.8) is 0 Å². The topological polar surface area (TPSA) is 43.4 Å². The van der Waals surface area contributed by atoms with E-state index in [0.717, 1.165) is 37.4 Å². The molecule has 0 atom stereocenters. The maximum absolute atomic E-state index is 6.07. The van der Waals surface area contributed by atoms with Crippen LogP contribution in [0.2, 0.25) is 0 Å². The lowest BCUT2D eigenvalue weighted by molar-refractivity contribution is 0.284. The minimum atomic E-state index is 0.489. The Bertz CT molecular complexity index is 1510. The molecule has 1 heterocycles. The predicted octanol–water partition coefficient (Wildman–Crippen LogP) is 8.54. The summed E-state index contributed by atoms with van der Waals surface area (Å²) >= 11 is 5.43. The molecule has 5 rings (SSSR count). The molecule has 0 aliphatic heterocycles. The van der Waals surface area contributed by atoms with E-state index in [4.69, 9.17) is 14.5 Å². The van der Waals surface area contributed by atoms with Crippen molar-refractivity contribution >= 4 is 43.2 Å². The Morgan fingerprint density at radius 1 is 0.889 bits per heavy atom. The second kappa shape index (κ2) is 10.7. The molecule has 5 aromatic rings. The Balaban J connectivity index is 1.26. The standard InChI is InChI=1S/C30H27BrN2O2S/c1-19-5-4-6-21(13-19)18-35-28-16-25(31)23(15-27(28)34-3)17-32-24-10-8-22(9-11-24)30-33-26-12-7-20(2)14-29(26)36-30/h4-16,32H,17-18H2,1-3H3. The predicted molar refractivity (Wildman–Crippen MR) is 153 cm³/mol. The highest BCUT2D eigenvalue weighted by atomic mass is 79.9. The molecule has 0 spiro atoms. The van der Waals surface area contributed by atoms with Gasteiger partial charge in [-0.25, -0.2) is 4.98 Å². The number of thiazole rings is 1. The molecule has 1 aromatic heterocycles. The molecule has 0 bridgehead atoms. The number of aryl methyl sites for hydroxylation is 2. The van der Waals surface area contributed by atoms with Crippen molar-refractivity contribution in [3.8, 4) is 22.1 Å². The SMILES string of the molecule is COc1cc(CNc2ccc(-c3nc4ccc(C)cc4s3)cc2)c(Br)cc1OCc1cccc(C)c1. The number of fused-ring (bicyclic) bond motifs is 1. The van der Waals surface area contributed by atoms with Crippen molar-refractivity contribution in [3.05, 3.63) is 106 Å². The molecular formula is C30H27BrN2O2S. The number of rotatable bonds is 8. The molecule has 0 saturated heterocycles. The molecule has 0 amide bonds. The van der Waals surface area contributed by atoms with E-state index >= 15 is 0 Å². The Labute approximate surface area is 224 Å². The fourth-order valence-corrected chi connectivity index (χ4v) is 5.56. The van der Waals surface area contributed by atoms with Crippen LogP contribution < -0.4 is 14.8 Å². The lowest BCUT2D eigenvalue weighted by Gasteiger charge is -2.15. The van der Waals surface area contributed by atoms with Crippen molar-refractivity contribution in [2.45, 2.75) is 27.0 Å². The average Bonchev–Trinajstić information content (AvgIpc) is 3.30. The summed E-state index contributed by atoms with van der Waals surface area (Å²) in [4.78, 5) is 4.79. The molecular weight excluding hydrogens is 532 g/mol. The first-order valence-electron chi connectivity index (χ1n) is 11.7. The summed E-state index contributed by atoms with van der Waals surface area (Å²) in [5.41, 5.74) is 7.90. The molecule has 0 saturated carbocycles. The van der Waals surface area contributed by atoms with E-state index in [0.29, 0.717) is 24.7 Å². The van der Waals surface area contributed by atoms with Crippen molar-refractivity contribution in [2.75, 3.05) is 12.4 Å². The monoisotopic (exact) mass is 558 g/mol. The van der Waals surface area contributed by atoms with Gasteiger partial charge < -0.3 is 14.8 Å². The fraction of sp³-hybridized carbons (Fsp3) is 0.167. The number of anilines is 1. The maximum atomic E-state index is 6.07. The normalized spacial score (nSPS) is 11.0. The molecule has 0 fully saturated rings. The highest BCUT2D eigenvalue weighted by molar-refractivity contribution is 9.10. The number of benzene rings is 4. The van der Waals surface area contributed by atoms with E-state index in [1.54, 1.807) is 18.4 Å². The zero-order chi connectivity index (χ0) is 25.1. The van der Waals surface area contributed by atoms with E-state index in [9.17, 15) is 0 Å². The minimum Gasteiger partial charge on any atom is -0.493 e. The van der Waals surface area contributed by atoms with Crippen LogP contribution in [0.3, 0.4) is 0 Å². The lowest BCUT2D eigenvalue weighted by atomic mass is 10.1. The van der Waals surface area contributed by atoms with Gasteiger partial charge in [0.05, 0.1) is 17.3 Å². The van der Waals surface area contributed by atoms with Crippen LogP contribution in [0.5, 0.6) is 11.5 Å². The number of hydrogen-bond acceptors (Lipinski definition) is 5. The average molecular weight is 560 g/mol. The molecule has 4 nitrogen and oxygen atoms in total. The Hall–Kier alpha value is -3.35. The van der Waals surface area contributed by atoms with E-state index in [1.807, 2.05) is 18.2 Å². The minimum absolute atomic E-state index is 0.489. The molecule has 36 heavy (non-hydrogen) atoms. The third-order valence-electron chi connectivity index (χ3n) is 5.97. The molecule has 0 aliphatic carbocycles. The van der Waals surface area contributed by atoms with Crippen LogP contribution in [-0.4, -0.2) is 12.1 Å². The maximum Gasteiger partial charge on any atom is 0.162 e. The second-order valence-corrected chi connectivity index (χ2v) is 10.7. The first kappa shape index (κ1) is 24.3. The Morgan fingerprint density at radius 2 is 1.69 bits per heavy atom. The summed E-state index contributed by atoms with van der Waals surface area (Å²) in [6, 6.07) is 27.1. The van der Waals surface area contributed by atoms with Crippen LogP contribution in [0.15, 0.2) is 83.3 Å². The summed E-state index contributed by atoms with van der Waals surface area (Å²) in [6.45, 7) is 5.33. The zero-order valence-corrected chi connectivity index (χ0v) is 22.9. The van der Waals surface area contributed by atoms with Gasteiger partial charge in [0, 0.05) is 22.3 Å². The summed E-state index contributed by atoms with van der Waals surface area (Å²) < 4.78 is 13.9.